The first kappa shape index (κ1) is 19.1. The summed E-state index contributed by atoms with van der Waals surface area (Å²) in [6.07, 6.45) is 5.06. The van der Waals surface area contributed by atoms with Crippen molar-refractivity contribution in [3.8, 4) is 11.3 Å². The van der Waals surface area contributed by atoms with Crippen molar-refractivity contribution < 1.29 is 4.79 Å². The minimum Gasteiger partial charge on any atom is -0.355 e. The highest BCUT2D eigenvalue weighted by molar-refractivity contribution is 5.94. The molecule has 2 aromatic carbocycles. The fourth-order valence-corrected chi connectivity index (χ4v) is 3.50. The Morgan fingerprint density at radius 3 is 2.55 bits per heavy atom. The Hall–Kier alpha value is -3.21. The molecule has 2 heterocycles. The summed E-state index contributed by atoms with van der Waals surface area (Å²) in [5, 5.41) is 3.04. The third kappa shape index (κ3) is 4.62. The van der Waals surface area contributed by atoms with E-state index in [0.717, 1.165) is 29.2 Å². The van der Waals surface area contributed by atoms with Gasteiger partial charge in [0.1, 0.15) is 12.1 Å². The molecule has 1 fully saturated rings. The van der Waals surface area contributed by atoms with E-state index in [9.17, 15) is 4.79 Å². The molecule has 1 aromatic heterocycles. The molecule has 1 amide bonds. The maximum atomic E-state index is 12.5. The molecule has 0 atom stereocenters. The Kier molecular flexibility index (Phi) is 5.84. The van der Waals surface area contributed by atoms with E-state index in [2.05, 4.69) is 39.2 Å². The molecule has 0 radical (unpaired) electrons. The molecule has 5 heteroatoms. The quantitative estimate of drug-likeness (QED) is 0.647. The molecule has 1 saturated heterocycles. The van der Waals surface area contributed by atoms with Gasteiger partial charge in [-0.3, -0.25) is 4.79 Å². The fourth-order valence-electron chi connectivity index (χ4n) is 3.50. The van der Waals surface area contributed by atoms with Crippen LogP contribution in [-0.2, 0) is 11.2 Å². The van der Waals surface area contributed by atoms with Crippen molar-refractivity contribution in [3.63, 3.8) is 0 Å². The number of carbonyl (C=O) groups is 1. The zero-order valence-corrected chi connectivity index (χ0v) is 16.7. The van der Waals surface area contributed by atoms with E-state index < -0.39 is 0 Å². The molecule has 5 nitrogen and oxygen atoms in total. The Labute approximate surface area is 171 Å². The fraction of sp³-hybridized carbons (Fsp3) is 0.292. The molecule has 0 spiro atoms. The van der Waals surface area contributed by atoms with Crippen molar-refractivity contribution in [1.29, 1.82) is 0 Å². The molecule has 1 aliphatic rings. The average molecular weight is 386 g/mol. The highest BCUT2D eigenvalue weighted by Crippen LogP contribution is 2.27. The molecule has 0 aliphatic carbocycles. The monoisotopic (exact) mass is 386 g/mol. The largest absolute Gasteiger partial charge is 0.355 e. The van der Waals surface area contributed by atoms with Crippen LogP contribution < -0.4 is 10.2 Å². The van der Waals surface area contributed by atoms with Gasteiger partial charge in [0.25, 0.3) is 0 Å². The summed E-state index contributed by atoms with van der Waals surface area (Å²) in [6.45, 7) is 3.54. The predicted octanol–water partition coefficient (Wildman–Crippen LogP) is 4.56. The molecule has 1 N–H and O–H groups in total. The number of amides is 1. The van der Waals surface area contributed by atoms with Crippen LogP contribution in [0.1, 0.15) is 25.3 Å². The van der Waals surface area contributed by atoms with Crippen LogP contribution >= 0.6 is 0 Å². The number of rotatable bonds is 7. The Bertz CT molecular complexity index is 950. The third-order valence-electron chi connectivity index (χ3n) is 5.34. The summed E-state index contributed by atoms with van der Waals surface area (Å²) in [4.78, 5) is 23.4. The lowest BCUT2D eigenvalue weighted by Gasteiger charge is -2.39. The van der Waals surface area contributed by atoms with Gasteiger partial charge in [0, 0.05) is 30.4 Å². The van der Waals surface area contributed by atoms with E-state index in [0.29, 0.717) is 13.1 Å². The van der Waals surface area contributed by atoms with Gasteiger partial charge in [-0.2, -0.15) is 0 Å². The van der Waals surface area contributed by atoms with Gasteiger partial charge in [0.2, 0.25) is 5.91 Å². The standard InChI is InChI=1S/C24H26N4O/c1-2-3-7-18-10-12-21(13-11-18)27-24(29)20-15-28(16-20)23-14-22(25-17-26-23)19-8-5-4-6-9-19/h4-6,8-14,17,20H,2-3,7,15-16H2,1H3,(H,27,29). The molecule has 29 heavy (non-hydrogen) atoms. The van der Waals surface area contributed by atoms with Crippen molar-refractivity contribution in [2.75, 3.05) is 23.3 Å². The van der Waals surface area contributed by atoms with E-state index in [1.54, 1.807) is 6.33 Å². The lowest BCUT2D eigenvalue weighted by Crippen LogP contribution is -2.52. The molecule has 1 aliphatic heterocycles. The van der Waals surface area contributed by atoms with Gasteiger partial charge in [0.05, 0.1) is 11.6 Å². The van der Waals surface area contributed by atoms with E-state index in [-0.39, 0.29) is 11.8 Å². The van der Waals surface area contributed by atoms with Crippen LogP contribution in [0, 0.1) is 5.92 Å². The minimum absolute atomic E-state index is 0.0232. The number of nitrogens with one attached hydrogen (secondary N) is 1. The number of hydrogen-bond donors (Lipinski definition) is 1. The summed E-state index contributed by atoms with van der Waals surface area (Å²) < 4.78 is 0. The number of unbranched alkanes of at least 4 members (excludes halogenated alkanes) is 1. The van der Waals surface area contributed by atoms with Crippen LogP contribution in [0.2, 0.25) is 0 Å². The summed E-state index contributed by atoms with van der Waals surface area (Å²) >= 11 is 0. The smallest absolute Gasteiger partial charge is 0.231 e. The van der Waals surface area contributed by atoms with Crippen LogP contribution in [-0.4, -0.2) is 29.0 Å². The topological polar surface area (TPSA) is 58.1 Å². The summed E-state index contributed by atoms with van der Waals surface area (Å²) in [5.74, 6) is 0.910. The van der Waals surface area contributed by atoms with Crippen LogP contribution in [0.4, 0.5) is 11.5 Å². The summed E-state index contributed by atoms with van der Waals surface area (Å²) in [6, 6.07) is 20.2. The molecule has 0 bridgehead atoms. The molecule has 148 valence electrons. The SMILES string of the molecule is CCCCc1ccc(NC(=O)C2CN(c3cc(-c4ccccc4)ncn3)C2)cc1. The molecular weight excluding hydrogens is 360 g/mol. The molecular formula is C24H26N4O. The number of nitrogens with zero attached hydrogens (tertiary/aromatic N) is 3. The van der Waals surface area contributed by atoms with E-state index in [1.807, 2.05) is 48.5 Å². The average Bonchev–Trinajstić information content (AvgIpc) is 2.73. The predicted molar refractivity (Wildman–Crippen MR) is 117 cm³/mol. The summed E-state index contributed by atoms with van der Waals surface area (Å²) in [7, 11) is 0. The number of anilines is 2. The number of carbonyl (C=O) groups excluding carboxylic acids is 1. The molecule has 4 rings (SSSR count). The first-order chi connectivity index (χ1) is 14.2. The molecule has 0 unspecified atom stereocenters. The molecule has 3 aromatic rings. The lowest BCUT2D eigenvalue weighted by atomic mass is 9.98. The first-order valence-corrected chi connectivity index (χ1v) is 10.2. The number of benzene rings is 2. The molecule has 0 saturated carbocycles. The van der Waals surface area contributed by atoms with Gasteiger partial charge >= 0.3 is 0 Å². The van der Waals surface area contributed by atoms with Gasteiger partial charge in [-0.25, -0.2) is 9.97 Å². The normalized spacial score (nSPS) is 13.8. The maximum absolute atomic E-state index is 12.5. The van der Waals surface area contributed by atoms with Gasteiger partial charge in [-0.1, -0.05) is 55.8 Å². The zero-order valence-electron chi connectivity index (χ0n) is 16.7. The third-order valence-corrected chi connectivity index (χ3v) is 5.34. The zero-order chi connectivity index (χ0) is 20.1. The minimum atomic E-state index is -0.0232. The van der Waals surface area contributed by atoms with Crippen molar-refractivity contribution in [3.05, 3.63) is 72.6 Å². The van der Waals surface area contributed by atoms with E-state index >= 15 is 0 Å². The van der Waals surface area contributed by atoms with Gasteiger partial charge in [-0.05, 0) is 30.5 Å². The van der Waals surface area contributed by atoms with Crippen molar-refractivity contribution in [2.24, 2.45) is 5.92 Å². The summed E-state index contributed by atoms with van der Waals surface area (Å²) in [5.41, 5.74) is 4.14. The Morgan fingerprint density at radius 1 is 1.07 bits per heavy atom. The van der Waals surface area contributed by atoms with Gasteiger partial charge in [-0.15, -0.1) is 0 Å². The van der Waals surface area contributed by atoms with E-state index in [4.69, 9.17) is 0 Å². The second kappa shape index (κ2) is 8.86. The van der Waals surface area contributed by atoms with Crippen molar-refractivity contribution in [2.45, 2.75) is 26.2 Å². The number of hydrogen-bond acceptors (Lipinski definition) is 4. The van der Waals surface area contributed by atoms with Gasteiger partial charge < -0.3 is 10.2 Å². The van der Waals surface area contributed by atoms with Gasteiger partial charge in [0.15, 0.2) is 0 Å². The van der Waals surface area contributed by atoms with E-state index in [1.165, 1.54) is 18.4 Å². The van der Waals surface area contributed by atoms with Crippen LogP contribution in [0.5, 0.6) is 0 Å². The van der Waals surface area contributed by atoms with Crippen molar-refractivity contribution >= 4 is 17.4 Å². The second-order valence-electron chi connectivity index (χ2n) is 7.52. The Balaban J connectivity index is 1.32. The number of aromatic nitrogens is 2. The lowest BCUT2D eigenvalue weighted by molar-refractivity contribution is -0.120. The maximum Gasteiger partial charge on any atom is 0.231 e. The second-order valence-corrected chi connectivity index (χ2v) is 7.52. The van der Waals surface area contributed by atoms with Crippen LogP contribution in [0.3, 0.4) is 0 Å². The number of aryl methyl sites for hydroxylation is 1. The van der Waals surface area contributed by atoms with Crippen LogP contribution in [0.25, 0.3) is 11.3 Å². The first-order valence-electron chi connectivity index (χ1n) is 10.2. The highest BCUT2D eigenvalue weighted by atomic mass is 16.2. The highest BCUT2D eigenvalue weighted by Gasteiger charge is 2.33. The Morgan fingerprint density at radius 2 is 1.83 bits per heavy atom. The van der Waals surface area contributed by atoms with Crippen LogP contribution in [0.15, 0.2) is 67.0 Å². The van der Waals surface area contributed by atoms with Crippen molar-refractivity contribution in [1.82, 2.24) is 9.97 Å².